The van der Waals surface area contributed by atoms with Crippen molar-refractivity contribution >= 4 is 5.97 Å². The van der Waals surface area contributed by atoms with Crippen LogP contribution in [-0.4, -0.2) is 31.8 Å². The topological polar surface area (TPSA) is 47.6 Å². The van der Waals surface area contributed by atoms with Crippen LogP contribution in [0, 0.1) is 11.7 Å². The molecule has 0 radical (unpaired) electrons. The van der Waals surface area contributed by atoms with Gasteiger partial charge in [0.25, 0.3) is 0 Å². The molecule has 21 heavy (non-hydrogen) atoms. The molecule has 0 amide bonds. The van der Waals surface area contributed by atoms with E-state index in [1.165, 1.54) is 19.2 Å². The zero-order valence-electron chi connectivity index (χ0n) is 12.5. The molecule has 4 nitrogen and oxygen atoms in total. The summed E-state index contributed by atoms with van der Waals surface area (Å²) in [5.41, 5.74) is -0.806. The molecule has 1 saturated carbocycles. The summed E-state index contributed by atoms with van der Waals surface area (Å²) in [6.45, 7) is 2.96. The summed E-state index contributed by atoms with van der Waals surface area (Å²) < 4.78 is 23.6. The van der Waals surface area contributed by atoms with Gasteiger partial charge in [0, 0.05) is 0 Å². The van der Waals surface area contributed by atoms with Gasteiger partial charge in [-0.25, -0.2) is 9.18 Å². The Bertz CT molecular complexity index is 473. The summed E-state index contributed by atoms with van der Waals surface area (Å²) >= 11 is 0. The van der Waals surface area contributed by atoms with E-state index in [1.54, 1.807) is 12.1 Å². The second-order valence-electron chi connectivity index (χ2n) is 5.41. The van der Waals surface area contributed by atoms with Gasteiger partial charge >= 0.3 is 5.97 Å². The van der Waals surface area contributed by atoms with Crippen molar-refractivity contribution in [2.45, 2.75) is 31.7 Å². The minimum absolute atomic E-state index is 0.190. The summed E-state index contributed by atoms with van der Waals surface area (Å²) in [5, 5.41) is 3.30. The van der Waals surface area contributed by atoms with Gasteiger partial charge in [0.15, 0.2) is 5.54 Å². The lowest BCUT2D eigenvalue weighted by atomic mass is 9.94. The molecule has 0 saturated heterocycles. The average molecular weight is 295 g/mol. The highest BCUT2D eigenvalue weighted by atomic mass is 19.1. The van der Waals surface area contributed by atoms with Gasteiger partial charge in [-0.3, -0.25) is 5.32 Å². The molecular formula is C16H22FNO3. The number of hydrogen-bond donors (Lipinski definition) is 1. The normalized spacial score (nSPS) is 17.1. The molecule has 0 aromatic heterocycles. The monoisotopic (exact) mass is 295 g/mol. The van der Waals surface area contributed by atoms with Crippen LogP contribution in [-0.2, 0) is 9.53 Å². The summed E-state index contributed by atoms with van der Waals surface area (Å²) in [6, 6.07) is 5.80. The highest BCUT2D eigenvalue weighted by Gasteiger charge is 2.52. The van der Waals surface area contributed by atoms with Gasteiger partial charge < -0.3 is 9.47 Å². The van der Waals surface area contributed by atoms with E-state index in [4.69, 9.17) is 9.47 Å². The molecular weight excluding hydrogens is 273 g/mol. The number of benzene rings is 1. The third-order valence-corrected chi connectivity index (χ3v) is 3.79. The van der Waals surface area contributed by atoms with Crippen molar-refractivity contribution in [2.24, 2.45) is 5.92 Å². The Hall–Kier alpha value is -1.62. The minimum Gasteiger partial charge on any atom is -0.491 e. The van der Waals surface area contributed by atoms with E-state index >= 15 is 0 Å². The predicted molar refractivity (Wildman–Crippen MR) is 77.7 cm³/mol. The van der Waals surface area contributed by atoms with Gasteiger partial charge in [-0.15, -0.1) is 0 Å². The van der Waals surface area contributed by atoms with Gasteiger partial charge in [0.2, 0.25) is 0 Å². The first-order chi connectivity index (χ1) is 10.1. The molecule has 1 aliphatic carbocycles. The van der Waals surface area contributed by atoms with Crippen molar-refractivity contribution in [2.75, 3.05) is 20.3 Å². The maximum Gasteiger partial charge on any atom is 0.329 e. The minimum atomic E-state index is -0.806. The van der Waals surface area contributed by atoms with Crippen molar-refractivity contribution in [1.82, 2.24) is 5.32 Å². The van der Waals surface area contributed by atoms with E-state index < -0.39 is 5.54 Å². The molecule has 1 aliphatic rings. The molecule has 1 N–H and O–H groups in total. The largest absolute Gasteiger partial charge is 0.491 e. The first-order valence-electron chi connectivity index (χ1n) is 7.34. The van der Waals surface area contributed by atoms with Crippen LogP contribution in [0.1, 0.15) is 26.2 Å². The molecule has 1 fully saturated rings. The molecule has 0 bridgehead atoms. The number of ether oxygens (including phenoxy) is 2. The van der Waals surface area contributed by atoms with Gasteiger partial charge in [-0.2, -0.15) is 0 Å². The van der Waals surface area contributed by atoms with Crippen LogP contribution in [0.15, 0.2) is 24.3 Å². The molecule has 1 unspecified atom stereocenters. The average Bonchev–Trinajstić information content (AvgIpc) is 3.34. The molecule has 0 spiro atoms. The van der Waals surface area contributed by atoms with Crippen molar-refractivity contribution in [3.8, 4) is 5.75 Å². The number of esters is 1. The van der Waals surface area contributed by atoms with E-state index in [1.807, 2.05) is 6.92 Å². The van der Waals surface area contributed by atoms with Crippen LogP contribution < -0.4 is 10.1 Å². The number of hydrogen-bond acceptors (Lipinski definition) is 4. The summed E-state index contributed by atoms with van der Waals surface area (Å²) in [4.78, 5) is 12.3. The Morgan fingerprint density at radius 1 is 1.38 bits per heavy atom. The van der Waals surface area contributed by atoms with Crippen LogP contribution in [0.3, 0.4) is 0 Å². The van der Waals surface area contributed by atoms with Crippen molar-refractivity contribution in [3.05, 3.63) is 30.1 Å². The SMILES string of the molecule is CCCNC(COc1ccc(F)cc1)(C(=O)OC)C1CC1. The Labute approximate surface area is 124 Å². The highest BCUT2D eigenvalue weighted by Crippen LogP contribution is 2.41. The highest BCUT2D eigenvalue weighted by molar-refractivity contribution is 5.82. The number of carbonyl (C=O) groups is 1. The Balaban J connectivity index is 2.10. The van der Waals surface area contributed by atoms with Crippen molar-refractivity contribution in [1.29, 1.82) is 0 Å². The second kappa shape index (κ2) is 6.89. The summed E-state index contributed by atoms with van der Waals surface area (Å²) in [6.07, 6.45) is 2.89. The molecule has 1 aromatic carbocycles. The molecule has 1 atom stereocenters. The van der Waals surface area contributed by atoms with Gasteiger partial charge in [-0.1, -0.05) is 6.92 Å². The Morgan fingerprint density at radius 2 is 2.05 bits per heavy atom. The van der Waals surface area contributed by atoms with E-state index in [0.717, 1.165) is 25.8 Å². The number of rotatable bonds is 8. The molecule has 2 rings (SSSR count). The van der Waals surface area contributed by atoms with Crippen molar-refractivity contribution < 1.29 is 18.7 Å². The van der Waals surface area contributed by atoms with Crippen LogP contribution in [0.5, 0.6) is 5.75 Å². The standard InChI is InChI=1S/C16H22FNO3/c1-3-10-18-16(12-4-5-12,15(19)20-2)11-21-14-8-6-13(17)7-9-14/h6-9,12,18H,3-5,10-11H2,1-2H3. The molecule has 0 heterocycles. The van der Waals surface area contributed by atoms with Crippen LogP contribution in [0.2, 0.25) is 0 Å². The number of carbonyl (C=O) groups excluding carboxylic acids is 1. The van der Waals surface area contributed by atoms with Crippen LogP contribution in [0.25, 0.3) is 0 Å². The van der Waals surface area contributed by atoms with E-state index in [9.17, 15) is 9.18 Å². The van der Waals surface area contributed by atoms with Crippen molar-refractivity contribution in [3.63, 3.8) is 0 Å². The number of methoxy groups -OCH3 is 1. The molecule has 0 aliphatic heterocycles. The lowest BCUT2D eigenvalue weighted by Crippen LogP contribution is -2.59. The molecule has 116 valence electrons. The third-order valence-electron chi connectivity index (χ3n) is 3.79. The molecule has 1 aromatic rings. The molecule has 5 heteroatoms. The third kappa shape index (κ3) is 3.73. The fourth-order valence-electron chi connectivity index (χ4n) is 2.45. The zero-order chi connectivity index (χ0) is 15.3. The van der Waals surface area contributed by atoms with E-state index in [0.29, 0.717) is 5.75 Å². The van der Waals surface area contributed by atoms with E-state index in [2.05, 4.69) is 5.32 Å². The lowest BCUT2D eigenvalue weighted by Gasteiger charge is -2.32. The number of nitrogens with one attached hydrogen (secondary N) is 1. The maximum absolute atomic E-state index is 12.9. The fourth-order valence-corrected chi connectivity index (χ4v) is 2.45. The lowest BCUT2D eigenvalue weighted by molar-refractivity contribution is -0.151. The summed E-state index contributed by atoms with van der Waals surface area (Å²) in [5.74, 6) is 0.175. The van der Waals surface area contributed by atoms with Crippen LogP contribution >= 0.6 is 0 Å². The maximum atomic E-state index is 12.9. The second-order valence-corrected chi connectivity index (χ2v) is 5.41. The quantitative estimate of drug-likeness (QED) is 0.749. The zero-order valence-corrected chi connectivity index (χ0v) is 12.5. The van der Waals surface area contributed by atoms with Crippen LogP contribution in [0.4, 0.5) is 4.39 Å². The number of halogens is 1. The Kier molecular flexibility index (Phi) is 5.17. The smallest absolute Gasteiger partial charge is 0.329 e. The predicted octanol–water partition coefficient (Wildman–Crippen LogP) is 2.53. The van der Waals surface area contributed by atoms with Gasteiger partial charge in [0.1, 0.15) is 18.2 Å². The summed E-state index contributed by atoms with van der Waals surface area (Å²) in [7, 11) is 1.39. The Morgan fingerprint density at radius 3 is 2.57 bits per heavy atom. The fraction of sp³-hybridized carbons (Fsp3) is 0.562. The van der Waals surface area contributed by atoms with Gasteiger partial charge in [0.05, 0.1) is 7.11 Å². The first-order valence-corrected chi connectivity index (χ1v) is 7.34. The van der Waals surface area contributed by atoms with E-state index in [-0.39, 0.29) is 24.3 Å². The first kappa shape index (κ1) is 15.8. The van der Waals surface area contributed by atoms with Gasteiger partial charge in [-0.05, 0) is 56.0 Å².